The minimum atomic E-state index is 0. The van der Waals surface area contributed by atoms with Gasteiger partial charge in [0.1, 0.15) is 11.5 Å². The normalized spacial score (nSPS) is 9.42. The Balaban J connectivity index is 0.00000264. The number of amides is 1. The molecule has 0 saturated carbocycles. The van der Waals surface area contributed by atoms with Gasteiger partial charge >= 0.3 is 0 Å². The van der Waals surface area contributed by atoms with E-state index in [4.69, 9.17) is 4.74 Å². The van der Waals surface area contributed by atoms with Crippen molar-refractivity contribution >= 4 is 36.4 Å². The van der Waals surface area contributed by atoms with Gasteiger partial charge in [-0.15, -0.1) is 24.8 Å². The number of hydrogen-bond acceptors (Lipinski definition) is 4. The molecule has 0 spiro atoms. The molecular weight excluding hydrogens is 349 g/mol. The topological polar surface area (TPSA) is 63.2 Å². The van der Waals surface area contributed by atoms with E-state index in [1.54, 1.807) is 12.4 Å². The number of benzene rings is 1. The lowest BCUT2D eigenvalue weighted by Crippen LogP contribution is -2.15. The van der Waals surface area contributed by atoms with Gasteiger partial charge in [0.15, 0.2) is 0 Å². The first kappa shape index (κ1) is 22.2. The molecule has 24 heavy (non-hydrogen) atoms. The number of aromatic nitrogens is 1. The zero-order valence-electron chi connectivity index (χ0n) is 13.7. The highest BCUT2D eigenvalue weighted by molar-refractivity contribution is 5.90. The maximum Gasteiger partial charge on any atom is 0.224 e. The Labute approximate surface area is 155 Å². The van der Waals surface area contributed by atoms with Crippen LogP contribution in [-0.4, -0.2) is 24.5 Å². The van der Waals surface area contributed by atoms with Gasteiger partial charge in [-0.25, -0.2) is 0 Å². The molecule has 1 aromatic heterocycles. The fourth-order valence-electron chi connectivity index (χ4n) is 2.03. The molecule has 1 heterocycles. The van der Waals surface area contributed by atoms with Gasteiger partial charge in [-0.3, -0.25) is 9.78 Å². The lowest BCUT2D eigenvalue weighted by molar-refractivity contribution is -0.116. The van der Waals surface area contributed by atoms with Crippen molar-refractivity contribution in [1.29, 1.82) is 0 Å². The van der Waals surface area contributed by atoms with Crippen LogP contribution >= 0.6 is 24.8 Å². The van der Waals surface area contributed by atoms with Crippen LogP contribution in [0.5, 0.6) is 11.5 Å². The summed E-state index contributed by atoms with van der Waals surface area (Å²) in [6, 6.07) is 9.27. The number of anilines is 1. The largest absolute Gasteiger partial charge is 0.455 e. The van der Waals surface area contributed by atoms with Gasteiger partial charge in [0.2, 0.25) is 5.91 Å². The van der Waals surface area contributed by atoms with Gasteiger partial charge in [-0.1, -0.05) is 0 Å². The molecule has 132 valence electrons. The SMILES string of the molecule is CNCCCC(=O)Nc1ccc(Oc2cccnc2)c(C)c1.Cl.Cl. The first-order valence-electron chi connectivity index (χ1n) is 7.32. The Kier molecular flexibility index (Phi) is 10.8. The number of ether oxygens (including phenoxy) is 1. The third-order valence-electron chi connectivity index (χ3n) is 3.15. The van der Waals surface area contributed by atoms with Crippen LogP contribution in [0, 0.1) is 6.92 Å². The average molecular weight is 372 g/mol. The molecular formula is C17H23Cl2N3O2. The van der Waals surface area contributed by atoms with Crippen LogP contribution in [0.1, 0.15) is 18.4 Å². The zero-order valence-corrected chi connectivity index (χ0v) is 15.4. The molecule has 5 nitrogen and oxygen atoms in total. The van der Waals surface area contributed by atoms with E-state index in [1.807, 2.05) is 44.3 Å². The van der Waals surface area contributed by atoms with Crippen molar-refractivity contribution in [2.24, 2.45) is 0 Å². The minimum Gasteiger partial charge on any atom is -0.455 e. The van der Waals surface area contributed by atoms with E-state index >= 15 is 0 Å². The van der Waals surface area contributed by atoms with Gasteiger partial charge in [0, 0.05) is 18.3 Å². The Hall–Kier alpha value is -1.82. The molecule has 0 aliphatic heterocycles. The third kappa shape index (κ3) is 7.17. The average Bonchev–Trinajstić information content (AvgIpc) is 2.51. The summed E-state index contributed by atoms with van der Waals surface area (Å²) in [6.45, 7) is 2.78. The second kappa shape index (κ2) is 11.7. The van der Waals surface area contributed by atoms with E-state index in [0.29, 0.717) is 12.2 Å². The molecule has 0 saturated heterocycles. The maximum atomic E-state index is 11.8. The summed E-state index contributed by atoms with van der Waals surface area (Å²) in [7, 11) is 1.88. The summed E-state index contributed by atoms with van der Waals surface area (Å²) in [6.07, 6.45) is 4.70. The number of pyridine rings is 1. The highest BCUT2D eigenvalue weighted by atomic mass is 35.5. The Morgan fingerprint density at radius 3 is 2.67 bits per heavy atom. The van der Waals surface area contributed by atoms with Crippen LogP contribution in [0.15, 0.2) is 42.7 Å². The zero-order chi connectivity index (χ0) is 15.8. The monoisotopic (exact) mass is 371 g/mol. The molecule has 0 aliphatic carbocycles. The van der Waals surface area contributed by atoms with Crippen LogP contribution in [0.3, 0.4) is 0 Å². The molecule has 2 rings (SSSR count). The van der Waals surface area contributed by atoms with Crippen molar-refractivity contribution in [2.45, 2.75) is 19.8 Å². The Bertz CT molecular complexity index is 624. The minimum absolute atomic E-state index is 0. The van der Waals surface area contributed by atoms with Crippen molar-refractivity contribution < 1.29 is 9.53 Å². The number of nitrogens with one attached hydrogen (secondary N) is 2. The molecule has 0 aliphatic rings. The van der Waals surface area contributed by atoms with E-state index in [9.17, 15) is 4.79 Å². The third-order valence-corrected chi connectivity index (χ3v) is 3.15. The number of aryl methyl sites for hydroxylation is 1. The predicted octanol–water partition coefficient (Wildman–Crippen LogP) is 3.96. The molecule has 2 aromatic rings. The number of rotatable bonds is 7. The fourth-order valence-corrected chi connectivity index (χ4v) is 2.03. The maximum absolute atomic E-state index is 11.8. The van der Waals surface area contributed by atoms with E-state index in [1.165, 1.54) is 0 Å². The van der Waals surface area contributed by atoms with Crippen LogP contribution < -0.4 is 15.4 Å². The van der Waals surface area contributed by atoms with Gasteiger partial charge in [-0.05, 0) is 62.8 Å². The van der Waals surface area contributed by atoms with Gasteiger partial charge in [0.05, 0.1) is 6.20 Å². The molecule has 7 heteroatoms. The smallest absolute Gasteiger partial charge is 0.224 e. The summed E-state index contributed by atoms with van der Waals surface area (Å²) in [5.74, 6) is 1.46. The number of nitrogens with zero attached hydrogens (tertiary/aromatic N) is 1. The molecule has 0 atom stereocenters. The highest BCUT2D eigenvalue weighted by Gasteiger charge is 2.06. The van der Waals surface area contributed by atoms with Crippen molar-refractivity contribution in [2.75, 3.05) is 18.9 Å². The van der Waals surface area contributed by atoms with Crippen LogP contribution in [-0.2, 0) is 4.79 Å². The molecule has 2 N–H and O–H groups in total. The van der Waals surface area contributed by atoms with E-state index in [0.717, 1.165) is 30.0 Å². The van der Waals surface area contributed by atoms with E-state index in [2.05, 4.69) is 15.6 Å². The number of carbonyl (C=O) groups is 1. The van der Waals surface area contributed by atoms with Gasteiger partial charge in [-0.2, -0.15) is 0 Å². The molecule has 0 fully saturated rings. The highest BCUT2D eigenvalue weighted by Crippen LogP contribution is 2.26. The second-order valence-corrected chi connectivity index (χ2v) is 5.03. The fraction of sp³-hybridized carbons (Fsp3) is 0.294. The molecule has 0 radical (unpaired) electrons. The van der Waals surface area contributed by atoms with Gasteiger partial charge in [0.25, 0.3) is 0 Å². The van der Waals surface area contributed by atoms with Crippen LogP contribution in [0.25, 0.3) is 0 Å². The van der Waals surface area contributed by atoms with Crippen molar-refractivity contribution in [1.82, 2.24) is 10.3 Å². The van der Waals surface area contributed by atoms with Crippen molar-refractivity contribution in [3.8, 4) is 11.5 Å². The molecule has 1 amide bonds. The standard InChI is InChI=1S/C17H21N3O2.2ClH/c1-13-11-14(20-17(21)6-4-9-18-2)7-8-16(13)22-15-5-3-10-19-12-15;;/h3,5,7-8,10-12,18H,4,6,9H2,1-2H3,(H,20,21);2*1H. The summed E-state index contributed by atoms with van der Waals surface area (Å²) in [4.78, 5) is 15.8. The lowest BCUT2D eigenvalue weighted by atomic mass is 10.2. The van der Waals surface area contributed by atoms with Gasteiger partial charge < -0.3 is 15.4 Å². The summed E-state index contributed by atoms with van der Waals surface area (Å²) < 4.78 is 5.77. The number of halogens is 2. The first-order valence-corrected chi connectivity index (χ1v) is 7.32. The summed E-state index contributed by atoms with van der Waals surface area (Å²) in [5.41, 5.74) is 1.74. The molecule has 1 aromatic carbocycles. The first-order chi connectivity index (χ1) is 10.7. The molecule has 0 unspecified atom stereocenters. The molecule has 0 bridgehead atoms. The van der Waals surface area contributed by atoms with E-state index in [-0.39, 0.29) is 30.7 Å². The lowest BCUT2D eigenvalue weighted by Gasteiger charge is -2.11. The predicted molar refractivity (Wildman–Crippen MR) is 102 cm³/mol. The summed E-state index contributed by atoms with van der Waals surface area (Å²) in [5, 5.41) is 5.92. The number of hydrogen-bond donors (Lipinski definition) is 2. The Morgan fingerprint density at radius 2 is 2.04 bits per heavy atom. The van der Waals surface area contributed by atoms with Crippen molar-refractivity contribution in [3.05, 3.63) is 48.3 Å². The quantitative estimate of drug-likeness (QED) is 0.722. The number of carbonyl (C=O) groups excluding carboxylic acids is 1. The van der Waals surface area contributed by atoms with Crippen LogP contribution in [0.4, 0.5) is 5.69 Å². The second-order valence-electron chi connectivity index (χ2n) is 5.03. The van der Waals surface area contributed by atoms with Crippen molar-refractivity contribution in [3.63, 3.8) is 0 Å². The van der Waals surface area contributed by atoms with E-state index < -0.39 is 0 Å². The van der Waals surface area contributed by atoms with Crippen LogP contribution in [0.2, 0.25) is 0 Å². The summed E-state index contributed by atoms with van der Waals surface area (Å²) >= 11 is 0. The Morgan fingerprint density at radius 1 is 1.25 bits per heavy atom.